The Labute approximate surface area is 172 Å². The van der Waals surface area contributed by atoms with Crippen molar-refractivity contribution in [2.24, 2.45) is 4.99 Å². The summed E-state index contributed by atoms with van der Waals surface area (Å²) in [6.45, 7) is 5.40. The summed E-state index contributed by atoms with van der Waals surface area (Å²) in [5, 5.41) is 11.4. The van der Waals surface area contributed by atoms with Gasteiger partial charge in [-0.15, -0.1) is 0 Å². The molecule has 0 saturated carbocycles. The first-order chi connectivity index (χ1) is 14.0. The van der Waals surface area contributed by atoms with Crippen LogP contribution in [-0.4, -0.2) is 41.9 Å². The summed E-state index contributed by atoms with van der Waals surface area (Å²) in [7, 11) is 5.75. The van der Waals surface area contributed by atoms with Crippen LogP contribution in [0.3, 0.4) is 0 Å². The number of hydrogen-bond donors (Lipinski definition) is 2. The van der Waals surface area contributed by atoms with Gasteiger partial charge < -0.3 is 15.5 Å². The Balaban J connectivity index is 1.66. The van der Waals surface area contributed by atoms with E-state index in [2.05, 4.69) is 56.9 Å². The summed E-state index contributed by atoms with van der Waals surface area (Å²) in [5.41, 5.74) is 5.50. The normalized spacial score (nSPS) is 11.4. The molecular weight excluding hydrogens is 362 g/mol. The Bertz CT molecular complexity index is 988. The second-order valence-corrected chi connectivity index (χ2v) is 7.16. The molecule has 2 aromatic heterocycles. The van der Waals surface area contributed by atoms with Crippen molar-refractivity contribution in [3.05, 3.63) is 71.2 Å². The van der Waals surface area contributed by atoms with E-state index in [9.17, 15) is 0 Å². The molecule has 0 fully saturated rings. The van der Waals surface area contributed by atoms with Crippen LogP contribution in [0.5, 0.6) is 0 Å². The highest BCUT2D eigenvalue weighted by Crippen LogP contribution is 2.17. The molecule has 0 unspecified atom stereocenters. The van der Waals surface area contributed by atoms with Gasteiger partial charge in [-0.2, -0.15) is 5.10 Å². The predicted molar refractivity (Wildman–Crippen MR) is 119 cm³/mol. The summed E-state index contributed by atoms with van der Waals surface area (Å²) in [6, 6.07) is 14.4. The topological polar surface area (TPSA) is 70.4 Å². The van der Waals surface area contributed by atoms with Crippen LogP contribution < -0.4 is 15.5 Å². The molecule has 0 aliphatic rings. The van der Waals surface area contributed by atoms with Crippen molar-refractivity contribution in [3.63, 3.8) is 0 Å². The first-order valence-corrected chi connectivity index (χ1v) is 9.66. The lowest BCUT2D eigenvalue weighted by atomic mass is 10.1. The molecule has 7 heteroatoms. The lowest BCUT2D eigenvalue weighted by molar-refractivity contribution is 0.780. The number of aryl methyl sites for hydroxylation is 2. The van der Waals surface area contributed by atoms with E-state index in [4.69, 9.17) is 0 Å². The molecule has 29 heavy (non-hydrogen) atoms. The average molecular weight is 392 g/mol. The lowest BCUT2D eigenvalue weighted by Crippen LogP contribution is -2.36. The van der Waals surface area contributed by atoms with Gasteiger partial charge >= 0.3 is 0 Å². The van der Waals surface area contributed by atoms with Gasteiger partial charge in [0.2, 0.25) is 0 Å². The molecule has 0 aliphatic heterocycles. The third-order valence-corrected chi connectivity index (χ3v) is 4.63. The van der Waals surface area contributed by atoms with Crippen molar-refractivity contribution in [2.45, 2.75) is 26.9 Å². The van der Waals surface area contributed by atoms with Crippen molar-refractivity contribution in [1.29, 1.82) is 0 Å². The van der Waals surface area contributed by atoms with E-state index in [0.29, 0.717) is 13.1 Å². The van der Waals surface area contributed by atoms with Gasteiger partial charge in [-0.25, -0.2) is 9.67 Å². The molecule has 2 N–H and O–H groups in total. The second kappa shape index (κ2) is 9.23. The SMILES string of the molecule is CN=C(NCc1ccnc(N(C)C)c1)NCc1ccccc1-n1nc(C)cc1C. The van der Waals surface area contributed by atoms with Crippen LogP contribution in [0.25, 0.3) is 5.69 Å². The summed E-state index contributed by atoms with van der Waals surface area (Å²) >= 11 is 0. The van der Waals surface area contributed by atoms with Gasteiger partial charge in [0.15, 0.2) is 5.96 Å². The van der Waals surface area contributed by atoms with Crippen molar-refractivity contribution >= 4 is 11.8 Å². The number of rotatable bonds is 6. The maximum atomic E-state index is 4.62. The first-order valence-electron chi connectivity index (χ1n) is 9.66. The number of anilines is 1. The third kappa shape index (κ3) is 5.13. The van der Waals surface area contributed by atoms with Crippen LogP contribution >= 0.6 is 0 Å². The van der Waals surface area contributed by atoms with Crippen LogP contribution in [0.2, 0.25) is 0 Å². The molecule has 0 atom stereocenters. The second-order valence-electron chi connectivity index (χ2n) is 7.16. The lowest BCUT2D eigenvalue weighted by Gasteiger charge is -2.16. The summed E-state index contributed by atoms with van der Waals surface area (Å²) in [4.78, 5) is 10.7. The van der Waals surface area contributed by atoms with Gasteiger partial charge in [-0.05, 0) is 49.2 Å². The smallest absolute Gasteiger partial charge is 0.191 e. The highest BCUT2D eigenvalue weighted by atomic mass is 15.3. The van der Waals surface area contributed by atoms with Gasteiger partial charge in [0, 0.05) is 46.1 Å². The molecule has 0 radical (unpaired) electrons. The molecule has 2 heterocycles. The van der Waals surface area contributed by atoms with Crippen LogP contribution in [0.15, 0.2) is 53.7 Å². The maximum Gasteiger partial charge on any atom is 0.191 e. The highest BCUT2D eigenvalue weighted by Gasteiger charge is 2.09. The van der Waals surface area contributed by atoms with E-state index < -0.39 is 0 Å². The molecule has 0 bridgehead atoms. The van der Waals surface area contributed by atoms with Crippen LogP contribution in [0.4, 0.5) is 5.82 Å². The number of hydrogen-bond acceptors (Lipinski definition) is 4. The van der Waals surface area contributed by atoms with Crippen molar-refractivity contribution in [1.82, 2.24) is 25.4 Å². The van der Waals surface area contributed by atoms with Gasteiger partial charge in [0.1, 0.15) is 5.82 Å². The van der Waals surface area contributed by atoms with Crippen molar-refractivity contribution < 1.29 is 0 Å². The first kappa shape index (κ1) is 20.4. The molecule has 0 spiro atoms. The number of aromatic nitrogens is 3. The fraction of sp³-hybridized carbons (Fsp3) is 0.318. The minimum absolute atomic E-state index is 0.646. The summed E-state index contributed by atoms with van der Waals surface area (Å²) in [6.07, 6.45) is 1.83. The van der Waals surface area contributed by atoms with Gasteiger partial charge in [-0.1, -0.05) is 18.2 Å². The Hall–Kier alpha value is -3.35. The minimum atomic E-state index is 0.646. The number of pyridine rings is 1. The molecule has 0 aliphatic carbocycles. The maximum absolute atomic E-state index is 4.62. The molecule has 1 aromatic carbocycles. The molecular formula is C22H29N7. The molecule has 0 amide bonds. The van der Waals surface area contributed by atoms with E-state index >= 15 is 0 Å². The summed E-state index contributed by atoms with van der Waals surface area (Å²) < 4.78 is 1.99. The van der Waals surface area contributed by atoms with Gasteiger partial charge in [0.05, 0.1) is 11.4 Å². The van der Waals surface area contributed by atoms with E-state index in [-0.39, 0.29) is 0 Å². The standard InChI is InChI=1S/C22H29N7/c1-16-12-17(2)29(27-16)20-9-7-6-8-19(20)15-26-22(23-3)25-14-18-10-11-24-21(13-18)28(4)5/h6-13H,14-15H2,1-5H3,(H2,23,25,26). The molecule has 152 valence electrons. The average Bonchev–Trinajstić information content (AvgIpc) is 3.06. The fourth-order valence-corrected chi connectivity index (χ4v) is 3.14. The largest absolute Gasteiger partial charge is 0.363 e. The summed E-state index contributed by atoms with van der Waals surface area (Å²) in [5.74, 6) is 1.68. The van der Waals surface area contributed by atoms with Crippen LogP contribution in [0.1, 0.15) is 22.5 Å². The number of nitrogens with one attached hydrogen (secondary N) is 2. The number of aliphatic imine (C=N–C) groups is 1. The number of guanidine groups is 1. The highest BCUT2D eigenvalue weighted by molar-refractivity contribution is 5.79. The molecule has 7 nitrogen and oxygen atoms in total. The van der Waals surface area contributed by atoms with Crippen LogP contribution in [-0.2, 0) is 13.1 Å². The third-order valence-electron chi connectivity index (χ3n) is 4.63. The zero-order valence-corrected chi connectivity index (χ0v) is 17.8. The van der Waals surface area contributed by atoms with Gasteiger partial charge in [0.25, 0.3) is 0 Å². The van der Waals surface area contributed by atoms with Crippen LogP contribution in [0, 0.1) is 13.8 Å². The number of nitrogens with zero attached hydrogens (tertiary/aromatic N) is 5. The monoisotopic (exact) mass is 391 g/mol. The van der Waals surface area contributed by atoms with E-state index in [1.807, 2.05) is 55.0 Å². The Kier molecular flexibility index (Phi) is 6.49. The van der Waals surface area contributed by atoms with E-state index in [1.54, 1.807) is 7.05 Å². The van der Waals surface area contributed by atoms with Crippen molar-refractivity contribution in [3.8, 4) is 5.69 Å². The number of benzene rings is 1. The zero-order valence-electron chi connectivity index (χ0n) is 17.8. The zero-order chi connectivity index (χ0) is 20.8. The quantitative estimate of drug-likeness (QED) is 0.499. The van der Waals surface area contributed by atoms with Gasteiger partial charge in [-0.3, -0.25) is 4.99 Å². The molecule has 0 saturated heterocycles. The fourth-order valence-electron chi connectivity index (χ4n) is 3.14. The Morgan fingerprint density at radius 2 is 1.83 bits per heavy atom. The van der Waals surface area contributed by atoms with E-state index in [1.165, 1.54) is 0 Å². The molecule has 3 aromatic rings. The predicted octanol–water partition coefficient (Wildman–Crippen LogP) is 2.82. The van der Waals surface area contributed by atoms with E-state index in [0.717, 1.165) is 40.0 Å². The minimum Gasteiger partial charge on any atom is -0.363 e. The number of para-hydroxylation sites is 1. The Morgan fingerprint density at radius 1 is 1.07 bits per heavy atom. The van der Waals surface area contributed by atoms with Crippen molar-refractivity contribution in [2.75, 3.05) is 26.0 Å². The molecule has 3 rings (SSSR count). The Morgan fingerprint density at radius 3 is 2.52 bits per heavy atom.